The average Bonchev–Trinajstić information content (AvgIpc) is 3.30. The highest BCUT2D eigenvalue weighted by atomic mass is 32.2. The third-order valence-electron chi connectivity index (χ3n) is 12.9. The van der Waals surface area contributed by atoms with Crippen LogP contribution in [0.2, 0.25) is 0 Å². The molecule has 1 aromatic carbocycles. The van der Waals surface area contributed by atoms with E-state index in [-0.39, 0.29) is 11.0 Å². The molecule has 236 valence electrons. The molecule has 0 spiro atoms. The van der Waals surface area contributed by atoms with Gasteiger partial charge < -0.3 is 15.3 Å². The van der Waals surface area contributed by atoms with Gasteiger partial charge >= 0.3 is 6.03 Å². The number of nitrogens with zero attached hydrogens (tertiary/aromatic N) is 1. The molecular formula is C34H55N3O4S. The zero-order chi connectivity index (χ0) is 30.4. The number of sulfonamides is 1. The number of anilines is 1. The minimum Gasteiger partial charge on any atom is -0.393 e. The molecule has 0 bridgehead atoms. The van der Waals surface area contributed by atoms with Crippen molar-refractivity contribution < 1.29 is 18.3 Å². The van der Waals surface area contributed by atoms with Crippen molar-refractivity contribution in [3.63, 3.8) is 0 Å². The second-order valence-corrected chi connectivity index (χ2v) is 16.7. The van der Waals surface area contributed by atoms with Crippen molar-refractivity contribution >= 4 is 21.7 Å². The summed E-state index contributed by atoms with van der Waals surface area (Å²) in [6, 6.07) is 5.83. The van der Waals surface area contributed by atoms with E-state index in [9.17, 15) is 18.3 Å². The van der Waals surface area contributed by atoms with Gasteiger partial charge in [-0.15, -0.1) is 0 Å². The summed E-state index contributed by atoms with van der Waals surface area (Å²) in [5, 5.41) is 13.4. The molecule has 4 saturated carbocycles. The number of carbonyl (C=O) groups excluding carboxylic acids is 1. The molecule has 0 radical (unpaired) electrons. The normalized spacial score (nSPS) is 38.5. The van der Waals surface area contributed by atoms with Gasteiger partial charge in [-0.1, -0.05) is 34.1 Å². The predicted octanol–water partition coefficient (Wildman–Crippen LogP) is 6.42. The number of carbonyl (C=O) groups is 1. The van der Waals surface area contributed by atoms with Gasteiger partial charge in [-0.25, -0.2) is 17.9 Å². The number of benzene rings is 1. The Bertz CT molecular complexity index is 1220. The van der Waals surface area contributed by atoms with Crippen molar-refractivity contribution in [1.82, 2.24) is 10.0 Å². The summed E-state index contributed by atoms with van der Waals surface area (Å²) in [6.45, 7) is 10.3. The number of fused-ring (bicyclic) bond motifs is 5. The Labute approximate surface area is 254 Å². The summed E-state index contributed by atoms with van der Waals surface area (Å²) in [7, 11) is -0.139. The maximum Gasteiger partial charge on any atom is 0.328 e. The molecule has 4 aliphatic rings. The first-order valence-corrected chi connectivity index (χ1v) is 18.0. The molecule has 42 heavy (non-hydrogen) atoms. The molecule has 3 N–H and O–H groups in total. The quantitative estimate of drug-likeness (QED) is 0.319. The number of amides is 2. The zero-order valence-electron chi connectivity index (χ0n) is 26.7. The highest BCUT2D eigenvalue weighted by molar-refractivity contribution is 7.90. The summed E-state index contributed by atoms with van der Waals surface area (Å²) in [5.74, 6) is 4.85. The monoisotopic (exact) mass is 601 g/mol. The third-order valence-corrected chi connectivity index (χ3v) is 14.2. The van der Waals surface area contributed by atoms with Crippen molar-refractivity contribution in [1.29, 1.82) is 0 Å². The van der Waals surface area contributed by atoms with Crippen LogP contribution < -0.4 is 14.9 Å². The smallest absolute Gasteiger partial charge is 0.328 e. The molecule has 4 fully saturated rings. The van der Waals surface area contributed by atoms with Crippen LogP contribution in [0.3, 0.4) is 0 Å². The topological polar surface area (TPSA) is 98.7 Å². The molecule has 8 heteroatoms. The number of aliphatic hydroxyl groups is 1. The van der Waals surface area contributed by atoms with Gasteiger partial charge in [0.2, 0.25) is 0 Å². The SMILES string of the molecule is CC[C@H]1C[C@@H]2[C@H](CC[C@]3(C)C([C@H](C)CCNC(=O)NS(=O)(=O)c4ccc(N(C)C)cc4)CC[C@@H]23)[C@@]2(C)CC[C@@H](O)C[C@@H]12. The number of rotatable bonds is 8. The Morgan fingerprint density at radius 3 is 2.33 bits per heavy atom. The number of hydrogen-bond acceptors (Lipinski definition) is 5. The van der Waals surface area contributed by atoms with Crippen LogP contribution in [0, 0.1) is 52.3 Å². The predicted molar refractivity (Wildman–Crippen MR) is 169 cm³/mol. The first-order chi connectivity index (χ1) is 19.8. The van der Waals surface area contributed by atoms with E-state index in [1.165, 1.54) is 57.1 Å². The molecule has 4 aliphatic carbocycles. The van der Waals surface area contributed by atoms with Crippen LogP contribution in [0.4, 0.5) is 10.5 Å². The van der Waals surface area contributed by atoms with Crippen LogP contribution >= 0.6 is 0 Å². The van der Waals surface area contributed by atoms with E-state index in [1.54, 1.807) is 12.1 Å². The Balaban J connectivity index is 1.17. The molecule has 0 heterocycles. The fraction of sp³-hybridized carbons (Fsp3) is 0.794. The summed E-state index contributed by atoms with van der Waals surface area (Å²) < 4.78 is 27.6. The van der Waals surface area contributed by atoms with Gasteiger partial charge in [0.15, 0.2) is 0 Å². The molecular weight excluding hydrogens is 546 g/mol. The molecule has 7 nitrogen and oxygen atoms in total. The van der Waals surface area contributed by atoms with Gasteiger partial charge in [0, 0.05) is 26.3 Å². The lowest BCUT2D eigenvalue weighted by atomic mass is 9.42. The van der Waals surface area contributed by atoms with Crippen LogP contribution in [0.1, 0.15) is 91.9 Å². The Morgan fingerprint density at radius 1 is 1.00 bits per heavy atom. The highest BCUT2D eigenvalue weighted by Crippen LogP contribution is 2.69. The van der Waals surface area contributed by atoms with E-state index in [2.05, 4.69) is 37.7 Å². The summed E-state index contributed by atoms with van der Waals surface area (Å²) in [6.07, 6.45) is 11.6. The largest absolute Gasteiger partial charge is 0.393 e. The first kappa shape index (κ1) is 31.6. The van der Waals surface area contributed by atoms with Crippen LogP contribution in [-0.4, -0.2) is 46.3 Å². The molecule has 10 atom stereocenters. The molecule has 0 saturated heterocycles. The third kappa shape index (κ3) is 5.71. The lowest BCUT2D eigenvalue weighted by Gasteiger charge is -2.63. The summed E-state index contributed by atoms with van der Waals surface area (Å²) in [4.78, 5) is 14.5. The lowest BCUT2D eigenvalue weighted by molar-refractivity contribution is -0.152. The van der Waals surface area contributed by atoms with Gasteiger partial charge in [0.1, 0.15) is 0 Å². The summed E-state index contributed by atoms with van der Waals surface area (Å²) in [5.41, 5.74) is 1.60. The van der Waals surface area contributed by atoms with Crippen molar-refractivity contribution in [3.05, 3.63) is 24.3 Å². The van der Waals surface area contributed by atoms with Gasteiger partial charge in [0.05, 0.1) is 11.0 Å². The van der Waals surface area contributed by atoms with Crippen molar-refractivity contribution in [2.75, 3.05) is 25.5 Å². The van der Waals surface area contributed by atoms with E-state index in [0.717, 1.165) is 48.6 Å². The van der Waals surface area contributed by atoms with E-state index in [0.29, 0.717) is 35.1 Å². The molecule has 1 unspecified atom stereocenters. The lowest BCUT2D eigenvalue weighted by Crippen LogP contribution is -2.56. The van der Waals surface area contributed by atoms with Gasteiger partial charge in [-0.2, -0.15) is 0 Å². The first-order valence-electron chi connectivity index (χ1n) is 16.6. The molecule has 0 aromatic heterocycles. The van der Waals surface area contributed by atoms with Crippen LogP contribution in [-0.2, 0) is 10.0 Å². The highest BCUT2D eigenvalue weighted by Gasteiger charge is 2.62. The second kappa shape index (κ2) is 11.9. The van der Waals surface area contributed by atoms with Crippen molar-refractivity contribution in [3.8, 4) is 0 Å². The van der Waals surface area contributed by atoms with E-state index in [4.69, 9.17) is 0 Å². The van der Waals surface area contributed by atoms with Gasteiger partial charge in [-0.3, -0.25) is 0 Å². The van der Waals surface area contributed by atoms with Gasteiger partial charge in [0.25, 0.3) is 10.0 Å². The van der Waals surface area contributed by atoms with Crippen LogP contribution in [0.5, 0.6) is 0 Å². The van der Waals surface area contributed by atoms with E-state index >= 15 is 0 Å². The Kier molecular flexibility index (Phi) is 8.99. The van der Waals surface area contributed by atoms with E-state index < -0.39 is 16.1 Å². The molecule has 1 aromatic rings. The molecule has 5 rings (SSSR count). The van der Waals surface area contributed by atoms with Crippen molar-refractivity contribution in [2.45, 2.75) is 103 Å². The van der Waals surface area contributed by atoms with Crippen LogP contribution in [0.25, 0.3) is 0 Å². The van der Waals surface area contributed by atoms with Crippen molar-refractivity contribution in [2.24, 2.45) is 52.3 Å². The molecule has 2 amide bonds. The summed E-state index contributed by atoms with van der Waals surface area (Å²) >= 11 is 0. The second-order valence-electron chi connectivity index (χ2n) is 15.1. The zero-order valence-corrected chi connectivity index (χ0v) is 27.6. The van der Waals surface area contributed by atoms with Gasteiger partial charge in [-0.05, 0) is 134 Å². The maximum atomic E-state index is 12.7. The number of urea groups is 1. The minimum atomic E-state index is -3.92. The fourth-order valence-electron chi connectivity index (χ4n) is 10.7. The minimum absolute atomic E-state index is 0.0785. The molecule has 0 aliphatic heterocycles. The average molecular weight is 602 g/mol. The standard InChI is InChI=1S/C34H55N3O4S/c1-7-23-20-27-29-13-12-28(33(29,3)18-15-30(27)34(4)17-14-25(38)21-31(23)34)22(2)16-19-35-32(39)36-42(40,41)26-10-8-24(9-11-26)37(5)6/h8-11,22-23,25,27-31,38H,7,12-21H2,1-6H3,(H2,35,36,39)/t22-,23+,25-,27+,28?,29+,30+,31+,33-,34-/m1/s1. The van der Waals surface area contributed by atoms with Crippen LogP contribution in [0.15, 0.2) is 29.2 Å². The Morgan fingerprint density at radius 2 is 1.67 bits per heavy atom. The number of aliphatic hydroxyl groups excluding tert-OH is 1. The fourth-order valence-corrected chi connectivity index (χ4v) is 11.6. The maximum absolute atomic E-state index is 12.7. The number of nitrogens with one attached hydrogen (secondary N) is 2. The van der Waals surface area contributed by atoms with E-state index in [1.807, 2.05) is 19.0 Å². The Hall–Kier alpha value is -1.80. The number of hydrogen-bond donors (Lipinski definition) is 3.